The predicted molar refractivity (Wildman–Crippen MR) is 63.6 cm³/mol. The van der Waals surface area contributed by atoms with Crippen LogP contribution in [0.5, 0.6) is 0 Å². The van der Waals surface area contributed by atoms with Crippen molar-refractivity contribution < 1.29 is 4.79 Å². The second-order valence-electron chi connectivity index (χ2n) is 5.69. The Morgan fingerprint density at radius 2 is 1.93 bits per heavy atom. The Balaban J connectivity index is 2.64. The van der Waals surface area contributed by atoms with Crippen molar-refractivity contribution in [3.63, 3.8) is 0 Å². The quantitative estimate of drug-likeness (QED) is 0.777. The second kappa shape index (κ2) is 5.11. The summed E-state index contributed by atoms with van der Waals surface area (Å²) in [6.07, 6.45) is 5.06. The highest BCUT2D eigenvalue weighted by molar-refractivity contribution is 5.85. The first-order chi connectivity index (χ1) is 7.00. The van der Waals surface area contributed by atoms with Crippen LogP contribution in [0.1, 0.15) is 52.9 Å². The molecule has 0 heterocycles. The molecule has 0 aromatic carbocycles. The minimum atomic E-state index is -0.170. The highest BCUT2D eigenvalue weighted by Crippen LogP contribution is 2.40. The monoisotopic (exact) mass is 211 g/mol. The van der Waals surface area contributed by atoms with Gasteiger partial charge in [0.2, 0.25) is 0 Å². The molecular formula is C13H25NO. The van der Waals surface area contributed by atoms with Crippen molar-refractivity contribution in [3.05, 3.63) is 0 Å². The number of hydrogen-bond acceptors (Lipinski definition) is 2. The minimum absolute atomic E-state index is 0.170. The SMILES string of the molecule is CC(C)CC(=O)C1(CN)CCC(C)CC1. The van der Waals surface area contributed by atoms with Crippen LogP contribution in [0.25, 0.3) is 0 Å². The van der Waals surface area contributed by atoms with Crippen LogP contribution in [0.3, 0.4) is 0 Å². The van der Waals surface area contributed by atoms with Gasteiger partial charge in [0.1, 0.15) is 5.78 Å². The Kier molecular flexibility index (Phi) is 4.32. The Morgan fingerprint density at radius 1 is 1.40 bits per heavy atom. The molecule has 1 aliphatic rings. The zero-order valence-corrected chi connectivity index (χ0v) is 10.4. The summed E-state index contributed by atoms with van der Waals surface area (Å²) < 4.78 is 0. The zero-order chi connectivity index (χ0) is 11.5. The van der Waals surface area contributed by atoms with E-state index in [1.165, 1.54) is 12.8 Å². The van der Waals surface area contributed by atoms with E-state index in [1.807, 2.05) is 0 Å². The van der Waals surface area contributed by atoms with Gasteiger partial charge in [-0.1, -0.05) is 20.8 Å². The van der Waals surface area contributed by atoms with Gasteiger partial charge < -0.3 is 5.73 Å². The van der Waals surface area contributed by atoms with Crippen LogP contribution >= 0.6 is 0 Å². The number of hydrogen-bond donors (Lipinski definition) is 1. The Morgan fingerprint density at radius 3 is 2.33 bits per heavy atom. The molecule has 1 aliphatic carbocycles. The number of carbonyl (C=O) groups excluding carboxylic acids is 1. The Bertz CT molecular complexity index is 215. The van der Waals surface area contributed by atoms with Crippen LogP contribution in [-0.4, -0.2) is 12.3 Å². The highest BCUT2D eigenvalue weighted by atomic mass is 16.1. The average molecular weight is 211 g/mol. The van der Waals surface area contributed by atoms with Gasteiger partial charge in [0.25, 0.3) is 0 Å². The zero-order valence-electron chi connectivity index (χ0n) is 10.4. The van der Waals surface area contributed by atoms with Crippen LogP contribution in [-0.2, 0) is 4.79 Å². The van der Waals surface area contributed by atoms with E-state index in [0.29, 0.717) is 24.7 Å². The van der Waals surface area contributed by atoms with Crippen LogP contribution in [0.15, 0.2) is 0 Å². The van der Waals surface area contributed by atoms with E-state index in [2.05, 4.69) is 20.8 Å². The molecule has 2 N–H and O–H groups in total. The van der Waals surface area contributed by atoms with Gasteiger partial charge >= 0.3 is 0 Å². The first-order valence-electron chi connectivity index (χ1n) is 6.23. The van der Waals surface area contributed by atoms with Gasteiger partial charge in [0.15, 0.2) is 0 Å². The minimum Gasteiger partial charge on any atom is -0.329 e. The largest absolute Gasteiger partial charge is 0.329 e. The third kappa shape index (κ3) is 3.04. The molecule has 88 valence electrons. The summed E-state index contributed by atoms with van der Waals surface area (Å²) in [5, 5.41) is 0. The maximum Gasteiger partial charge on any atom is 0.140 e. The molecular weight excluding hydrogens is 186 g/mol. The van der Waals surface area contributed by atoms with E-state index in [1.54, 1.807) is 0 Å². The maximum atomic E-state index is 12.2. The number of Topliss-reactive ketones (excluding diaryl/α,β-unsaturated/α-hetero) is 1. The third-order valence-corrected chi connectivity index (χ3v) is 3.81. The maximum absolute atomic E-state index is 12.2. The molecule has 0 aliphatic heterocycles. The van der Waals surface area contributed by atoms with Gasteiger partial charge in [-0.2, -0.15) is 0 Å². The summed E-state index contributed by atoms with van der Waals surface area (Å²) in [7, 11) is 0. The number of nitrogens with two attached hydrogens (primary N) is 1. The average Bonchev–Trinajstić information content (AvgIpc) is 2.18. The molecule has 0 atom stereocenters. The van der Waals surface area contributed by atoms with Crippen LogP contribution < -0.4 is 5.73 Å². The van der Waals surface area contributed by atoms with Crippen molar-refractivity contribution >= 4 is 5.78 Å². The molecule has 1 rings (SSSR count). The number of carbonyl (C=O) groups is 1. The Labute approximate surface area is 93.6 Å². The predicted octanol–water partition coefficient (Wildman–Crippen LogP) is 2.76. The molecule has 0 bridgehead atoms. The van der Waals surface area contributed by atoms with E-state index >= 15 is 0 Å². The summed E-state index contributed by atoms with van der Waals surface area (Å²) in [6.45, 7) is 7.03. The third-order valence-electron chi connectivity index (χ3n) is 3.81. The van der Waals surface area contributed by atoms with Gasteiger partial charge in [-0.15, -0.1) is 0 Å². The number of ketones is 1. The molecule has 1 saturated carbocycles. The summed E-state index contributed by atoms with van der Waals surface area (Å²) >= 11 is 0. The lowest BCUT2D eigenvalue weighted by molar-refractivity contribution is -0.131. The topological polar surface area (TPSA) is 43.1 Å². The lowest BCUT2D eigenvalue weighted by Crippen LogP contribution is -2.42. The summed E-state index contributed by atoms with van der Waals surface area (Å²) in [6, 6.07) is 0. The van der Waals surface area contributed by atoms with Gasteiger partial charge in [0, 0.05) is 18.4 Å². The lowest BCUT2D eigenvalue weighted by Gasteiger charge is -2.37. The standard InChI is InChI=1S/C13H25NO/c1-10(2)8-12(15)13(9-14)6-4-11(3)5-7-13/h10-11H,4-9,14H2,1-3H3. The van der Waals surface area contributed by atoms with E-state index < -0.39 is 0 Å². The van der Waals surface area contributed by atoms with Crippen LogP contribution in [0.4, 0.5) is 0 Å². The lowest BCUT2D eigenvalue weighted by atomic mass is 9.67. The molecule has 2 heteroatoms. The normalized spacial score (nSPS) is 31.9. The molecule has 0 unspecified atom stereocenters. The molecule has 0 radical (unpaired) electrons. The van der Waals surface area contributed by atoms with Crippen LogP contribution in [0.2, 0.25) is 0 Å². The summed E-state index contributed by atoms with van der Waals surface area (Å²) in [5.41, 5.74) is 5.67. The molecule has 0 aromatic rings. The van der Waals surface area contributed by atoms with Crippen molar-refractivity contribution in [1.82, 2.24) is 0 Å². The molecule has 0 amide bonds. The molecule has 0 spiro atoms. The van der Waals surface area contributed by atoms with E-state index in [0.717, 1.165) is 18.8 Å². The van der Waals surface area contributed by atoms with Gasteiger partial charge in [-0.3, -0.25) is 4.79 Å². The second-order valence-corrected chi connectivity index (χ2v) is 5.69. The van der Waals surface area contributed by atoms with Crippen molar-refractivity contribution in [2.75, 3.05) is 6.54 Å². The Hall–Kier alpha value is -0.370. The van der Waals surface area contributed by atoms with Crippen molar-refractivity contribution in [2.45, 2.75) is 52.9 Å². The summed E-state index contributed by atoms with van der Waals surface area (Å²) in [5.74, 6) is 1.64. The molecule has 2 nitrogen and oxygen atoms in total. The first kappa shape index (κ1) is 12.7. The van der Waals surface area contributed by atoms with E-state index in [-0.39, 0.29) is 5.41 Å². The van der Waals surface area contributed by atoms with Gasteiger partial charge in [0.05, 0.1) is 0 Å². The first-order valence-corrected chi connectivity index (χ1v) is 6.23. The van der Waals surface area contributed by atoms with Crippen LogP contribution in [0, 0.1) is 17.3 Å². The van der Waals surface area contributed by atoms with Crippen molar-refractivity contribution in [1.29, 1.82) is 0 Å². The summed E-state index contributed by atoms with van der Waals surface area (Å²) in [4.78, 5) is 12.2. The number of rotatable bonds is 4. The molecule has 15 heavy (non-hydrogen) atoms. The van der Waals surface area contributed by atoms with Gasteiger partial charge in [-0.05, 0) is 37.5 Å². The van der Waals surface area contributed by atoms with Crippen molar-refractivity contribution in [3.8, 4) is 0 Å². The van der Waals surface area contributed by atoms with E-state index in [4.69, 9.17) is 5.73 Å². The fraction of sp³-hybridized carbons (Fsp3) is 0.923. The molecule has 0 aromatic heterocycles. The fourth-order valence-corrected chi connectivity index (χ4v) is 2.50. The molecule has 1 fully saturated rings. The molecule has 0 saturated heterocycles. The van der Waals surface area contributed by atoms with Crippen molar-refractivity contribution in [2.24, 2.45) is 23.0 Å². The highest BCUT2D eigenvalue weighted by Gasteiger charge is 2.39. The smallest absolute Gasteiger partial charge is 0.140 e. The van der Waals surface area contributed by atoms with Gasteiger partial charge in [-0.25, -0.2) is 0 Å². The fourth-order valence-electron chi connectivity index (χ4n) is 2.50. The van der Waals surface area contributed by atoms with E-state index in [9.17, 15) is 4.79 Å².